The second kappa shape index (κ2) is 26.2. The Labute approximate surface area is 502 Å². The first-order valence-electron chi connectivity index (χ1n) is 28.2. The lowest BCUT2D eigenvalue weighted by Gasteiger charge is -2.31. The van der Waals surface area contributed by atoms with Crippen LogP contribution in [0.2, 0.25) is 0 Å². The molecular formula is C73H72N8O4. The van der Waals surface area contributed by atoms with E-state index in [0.717, 1.165) is 22.3 Å². The molecule has 6 aromatic carbocycles. The third-order valence-electron chi connectivity index (χ3n) is 15.6. The van der Waals surface area contributed by atoms with Crippen molar-refractivity contribution in [1.82, 2.24) is 0 Å². The van der Waals surface area contributed by atoms with Crippen LogP contribution in [0.3, 0.4) is 0 Å². The first kappa shape index (κ1) is 60.7. The van der Waals surface area contributed by atoms with Crippen LogP contribution in [0.15, 0.2) is 198 Å². The standard InChI is InChI=1S/C73H72N8O4/c1-13-33-78(34-14-2)59-25-21-29-63(51(59)45-74)82-67-41-55-57(43-69(67)84-65-31-23-27-61(53(65)47-76)80(37-17-5)38-18-6)73(49-71(55,9)10)50-72(11,12)56-42-68(83-64-30-22-26-60(52(64)46-75)79(35-15-3)36-16-4)70(44-58(56)73)85-66-32-24-28-62(54(66)48-77)81(39-19-7)40-20-8/h13-32,41-44H,1-8,33-40,49-50H2,9-12H3. The molecule has 0 saturated carbocycles. The summed E-state index contributed by atoms with van der Waals surface area (Å²) in [7, 11) is 0. The van der Waals surface area contributed by atoms with Crippen LogP contribution in [0.25, 0.3) is 0 Å². The quantitative estimate of drug-likeness (QED) is 0.0431. The monoisotopic (exact) mass is 1120 g/mol. The third kappa shape index (κ3) is 12.0. The predicted molar refractivity (Wildman–Crippen MR) is 344 cm³/mol. The number of rotatable bonds is 28. The van der Waals surface area contributed by atoms with Crippen LogP contribution in [0, 0.1) is 45.3 Å². The minimum Gasteiger partial charge on any atom is -0.452 e. The molecule has 1 spiro atoms. The number of hydrogen-bond donors (Lipinski definition) is 0. The lowest BCUT2D eigenvalue weighted by molar-refractivity contribution is 0.349. The minimum atomic E-state index is -0.707. The van der Waals surface area contributed by atoms with Crippen molar-refractivity contribution in [2.75, 3.05) is 72.0 Å². The van der Waals surface area contributed by atoms with Gasteiger partial charge in [-0.3, -0.25) is 0 Å². The van der Waals surface area contributed by atoms with Crippen molar-refractivity contribution in [3.63, 3.8) is 0 Å². The highest BCUT2D eigenvalue weighted by molar-refractivity contribution is 5.73. The Bertz CT molecular complexity index is 3520. The topological polar surface area (TPSA) is 145 Å². The number of nitrogens with zero attached hydrogens (tertiary/aromatic N) is 8. The van der Waals surface area contributed by atoms with E-state index in [9.17, 15) is 21.0 Å². The van der Waals surface area contributed by atoms with Gasteiger partial charge < -0.3 is 38.5 Å². The number of ether oxygens (including phenoxy) is 4. The zero-order valence-corrected chi connectivity index (χ0v) is 49.3. The normalized spacial score (nSPS) is 13.4. The van der Waals surface area contributed by atoms with Crippen molar-refractivity contribution in [3.8, 4) is 70.3 Å². The average molecular weight is 1130 g/mol. The molecule has 0 N–H and O–H groups in total. The van der Waals surface area contributed by atoms with Crippen LogP contribution in [0.1, 0.15) is 85.0 Å². The van der Waals surface area contributed by atoms with E-state index in [0.29, 0.717) is 156 Å². The molecule has 0 saturated heterocycles. The number of nitriles is 4. The summed E-state index contributed by atoms with van der Waals surface area (Å²) < 4.78 is 28.2. The Hall–Kier alpha value is -10.4. The van der Waals surface area contributed by atoms with Gasteiger partial charge in [0.2, 0.25) is 0 Å². The van der Waals surface area contributed by atoms with Gasteiger partial charge in [0.1, 0.15) is 69.5 Å². The molecule has 0 amide bonds. The summed E-state index contributed by atoms with van der Waals surface area (Å²) >= 11 is 0. The molecule has 0 fully saturated rings. The number of benzene rings is 6. The van der Waals surface area contributed by atoms with Crippen molar-refractivity contribution < 1.29 is 18.9 Å². The Kier molecular flexibility index (Phi) is 18.7. The van der Waals surface area contributed by atoms with Gasteiger partial charge in [0.15, 0.2) is 23.0 Å². The molecule has 0 heterocycles. The summed E-state index contributed by atoms with van der Waals surface area (Å²) in [5, 5.41) is 43.7. The van der Waals surface area contributed by atoms with E-state index in [2.05, 4.69) is 105 Å². The summed E-state index contributed by atoms with van der Waals surface area (Å²) in [6, 6.07) is 39.8. The largest absolute Gasteiger partial charge is 0.452 e. The highest BCUT2D eigenvalue weighted by Gasteiger charge is 2.57. The minimum absolute atomic E-state index is 0.296. The van der Waals surface area contributed by atoms with Gasteiger partial charge in [-0.2, -0.15) is 21.0 Å². The van der Waals surface area contributed by atoms with Gasteiger partial charge in [-0.15, -0.1) is 52.6 Å². The van der Waals surface area contributed by atoms with Crippen molar-refractivity contribution in [2.24, 2.45) is 0 Å². The highest BCUT2D eigenvalue weighted by atomic mass is 16.5. The van der Waals surface area contributed by atoms with Crippen LogP contribution in [0.4, 0.5) is 22.7 Å². The van der Waals surface area contributed by atoms with Crippen LogP contribution in [-0.4, -0.2) is 52.4 Å². The zero-order valence-electron chi connectivity index (χ0n) is 49.3. The molecule has 2 aliphatic rings. The molecule has 85 heavy (non-hydrogen) atoms. The maximum Gasteiger partial charge on any atom is 0.170 e. The van der Waals surface area contributed by atoms with Crippen LogP contribution < -0.4 is 38.5 Å². The molecule has 0 bridgehead atoms. The number of anilines is 4. The smallest absolute Gasteiger partial charge is 0.170 e. The Morgan fingerprint density at radius 1 is 0.353 bits per heavy atom. The fourth-order valence-electron chi connectivity index (χ4n) is 12.4. The molecule has 0 atom stereocenters. The Balaban J connectivity index is 1.40. The van der Waals surface area contributed by atoms with Gasteiger partial charge in [0.25, 0.3) is 0 Å². The fraction of sp³-hybridized carbons (Fsp3) is 0.233. The van der Waals surface area contributed by atoms with E-state index < -0.39 is 16.2 Å². The summed E-state index contributed by atoms with van der Waals surface area (Å²) in [4.78, 5) is 7.98. The molecule has 8 rings (SSSR count). The molecule has 2 aliphatic carbocycles. The summed E-state index contributed by atoms with van der Waals surface area (Å²) in [5.74, 6) is 2.53. The molecule has 0 unspecified atom stereocenters. The Morgan fingerprint density at radius 3 is 0.765 bits per heavy atom. The maximum atomic E-state index is 11.0. The molecule has 12 nitrogen and oxygen atoms in total. The SMILES string of the molecule is C=CCN(CC=C)c1cccc(Oc2cc3c(cc2Oc2cccc(N(CC=C)CC=C)c2C#N)C2(CC3(C)C)CC(C)(C)c3cc(Oc4cccc(N(CC=C)CC=C)c4C#N)c(Oc4cccc(N(CC=C)CC=C)c4C#N)cc32)c1C#N. The average Bonchev–Trinajstić information content (AvgIpc) is 1.54. The van der Waals surface area contributed by atoms with Gasteiger partial charge in [-0.25, -0.2) is 0 Å². The van der Waals surface area contributed by atoms with E-state index in [1.807, 2.05) is 92.4 Å². The van der Waals surface area contributed by atoms with Gasteiger partial charge in [0, 0.05) is 57.8 Å². The Morgan fingerprint density at radius 2 is 0.565 bits per heavy atom. The predicted octanol–water partition coefficient (Wildman–Crippen LogP) is 16.7. The van der Waals surface area contributed by atoms with Gasteiger partial charge in [0.05, 0.1) is 22.7 Å². The third-order valence-corrected chi connectivity index (χ3v) is 15.6. The highest BCUT2D eigenvalue weighted by Crippen LogP contribution is 2.65. The van der Waals surface area contributed by atoms with Crippen LogP contribution >= 0.6 is 0 Å². The molecule has 428 valence electrons. The molecular weight excluding hydrogens is 1050 g/mol. The van der Waals surface area contributed by atoms with E-state index in [1.165, 1.54) is 0 Å². The van der Waals surface area contributed by atoms with Gasteiger partial charge >= 0.3 is 0 Å². The van der Waals surface area contributed by atoms with E-state index in [4.69, 9.17) is 18.9 Å². The van der Waals surface area contributed by atoms with Crippen molar-refractivity contribution in [1.29, 1.82) is 21.0 Å². The number of fused-ring (bicyclic) bond motifs is 4. The first-order valence-corrected chi connectivity index (χ1v) is 28.2. The van der Waals surface area contributed by atoms with Crippen molar-refractivity contribution in [3.05, 3.63) is 243 Å². The summed E-state index contributed by atoms with van der Waals surface area (Å²) in [5.41, 5.74) is 6.06. The molecule has 6 aromatic rings. The second-order valence-corrected chi connectivity index (χ2v) is 22.3. The van der Waals surface area contributed by atoms with Crippen molar-refractivity contribution in [2.45, 2.75) is 56.8 Å². The lowest BCUT2D eigenvalue weighted by atomic mass is 9.72. The summed E-state index contributed by atoms with van der Waals surface area (Å²) in [6.45, 7) is 44.3. The lowest BCUT2D eigenvalue weighted by Crippen LogP contribution is -2.27. The molecule has 0 aromatic heterocycles. The molecule has 0 aliphatic heterocycles. The van der Waals surface area contributed by atoms with E-state index in [1.54, 1.807) is 72.9 Å². The van der Waals surface area contributed by atoms with Crippen molar-refractivity contribution >= 4 is 22.7 Å². The zero-order chi connectivity index (χ0) is 61.1. The van der Waals surface area contributed by atoms with E-state index >= 15 is 0 Å². The second-order valence-electron chi connectivity index (χ2n) is 22.3. The van der Waals surface area contributed by atoms with Crippen LogP contribution in [0.5, 0.6) is 46.0 Å². The number of hydrogen-bond acceptors (Lipinski definition) is 12. The fourth-order valence-corrected chi connectivity index (χ4v) is 12.4. The molecule has 12 heteroatoms. The van der Waals surface area contributed by atoms with Gasteiger partial charge in [-0.05, 0) is 119 Å². The molecule has 0 radical (unpaired) electrons. The van der Waals surface area contributed by atoms with Gasteiger partial charge in [-0.1, -0.05) is 101 Å². The first-order chi connectivity index (χ1) is 41.1. The summed E-state index contributed by atoms with van der Waals surface area (Å²) in [6.07, 6.45) is 15.5. The maximum absolute atomic E-state index is 11.0. The van der Waals surface area contributed by atoms with Crippen LogP contribution in [-0.2, 0) is 16.2 Å². The van der Waals surface area contributed by atoms with E-state index in [-0.39, 0.29) is 0 Å².